The van der Waals surface area contributed by atoms with Crippen molar-refractivity contribution in [3.63, 3.8) is 0 Å². The molecule has 0 spiro atoms. The lowest BCUT2D eigenvalue weighted by atomic mass is 10.1. The zero-order valence-electron chi connectivity index (χ0n) is 16.6. The number of nitrogens with zero attached hydrogens (tertiary/aromatic N) is 3. The van der Waals surface area contributed by atoms with Crippen LogP contribution in [0.1, 0.15) is 11.4 Å². The Hall–Kier alpha value is -3.21. The van der Waals surface area contributed by atoms with Crippen LogP contribution in [0.4, 0.5) is 18.9 Å². The third-order valence-corrected chi connectivity index (χ3v) is 5.21. The molecule has 3 aromatic rings. The first-order valence-electron chi connectivity index (χ1n) is 9.02. The molecule has 3 rings (SSSR count). The lowest BCUT2D eigenvalue weighted by Crippen LogP contribution is -2.18. The fourth-order valence-corrected chi connectivity index (χ4v) is 3.30. The number of aromatic nitrogens is 3. The molecule has 0 fully saturated rings. The molecule has 0 aliphatic heterocycles. The fraction of sp³-hybridized carbons (Fsp3) is 0.250. The minimum Gasteiger partial charge on any atom is -0.497 e. The number of alkyl halides is 3. The number of thioether (sulfide) groups is 1. The molecule has 164 valence electrons. The van der Waals surface area contributed by atoms with Crippen molar-refractivity contribution in [2.75, 3.05) is 18.2 Å². The van der Waals surface area contributed by atoms with Gasteiger partial charge in [-0.3, -0.25) is 4.79 Å². The lowest BCUT2D eigenvalue weighted by molar-refractivity contribution is -0.137. The molecule has 7 nitrogen and oxygen atoms in total. The van der Waals surface area contributed by atoms with Gasteiger partial charge < -0.3 is 19.4 Å². The largest absolute Gasteiger partial charge is 0.497 e. The van der Waals surface area contributed by atoms with Gasteiger partial charge in [-0.25, -0.2) is 0 Å². The zero-order valence-corrected chi connectivity index (χ0v) is 17.5. The van der Waals surface area contributed by atoms with Gasteiger partial charge in [-0.1, -0.05) is 23.9 Å². The molecule has 1 heterocycles. The first-order chi connectivity index (χ1) is 14.8. The molecule has 0 atom stereocenters. The van der Waals surface area contributed by atoms with Crippen LogP contribution in [0.15, 0.2) is 53.7 Å². The van der Waals surface area contributed by atoms with E-state index in [0.717, 1.165) is 17.8 Å². The summed E-state index contributed by atoms with van der Waals surface area (Å²) in [6, 6.07) is 11.9. The van der Waals surface area contributed by atoms with Gasteiger partial charge in [0.2, 0.25) is 5.91 Å². The molecule has 0 aliphatic carbocycles. The monoisotopic (exact) mass is 452 g/mol. The van der Waals surface area contributed by atoms with Gasteiger partial charge >= 0.3 is 6.18 Å². The number of hydrogen-bond acceptors (Lipinski definition) is 6. The number of carbonyl (C=O) groups is 1. The maximum atomic E-state index is 13.0. The maximum Gasteiger partial charge on any atom is 0.418 e. The first kappa shape index (κ1) is 22.5. The normalized spacial score (nSPS) is 11.3. The highest BCUT2D eigenvalue weighted by molar-refractivity contribution is 7.99. The molecule has 0 unspecified atom stereocenters. The molecule has 1 N–H and O–H groups in total. The minimum absolute atomic E-state index is 0.127. The van der Waals surface area contributed by atoms with Gasteiger partial charge in [-0.05, 0) is 36.4 Å². The summed E-state index contributed by atoms with van der Waals surface area (Å²) in [6.45, 7) is 0.154. The fourth-order valence-electron chi connectivity index (χ4n) is 2.57. The Kier molecular flexibility index (Phi) is 7.06. The molecular weight excluding hydrogens is 433 g/mol. The van der Waals surface area contributed by atoms with Gasteiger partial charge in [0, 0.05) is 7.05 Å². The highest BCUT2D eigenvalue weighted by Gasteiger charge is 2.33. The summed E-state index contributed by atoms with van der Waals surface area (Å²) in [6.07, 6.45) is -4.56. The standard InChI is InChI=1S/C20H19F3N4O3S/c1-27-17(11-30-14-9-7-13(29-2)8-10-14)25-26-19(27)31-12-18(28)24-16-6-4-3-5-15(16)20(21,22)23/h3-10H,11-12H2,1-2H3,(H,24,28). The van der Waals surface area contributed by atoms with E-state index in [2.05, 4.69) is 15.5 Å². The lowest BCUT2D eigenvalue weighted by Gasteiger charge is -2.13. The first-order valence-corrected chi connectivity index (χ1v) is 10.0. The van der Waals surface area contributed by atoms with E-state index in [1.54, 1.807) is 43.0 Å². The third kappa shape index (κ3) is 5.91. The van der Waals surface area contributed by atoms with Crippen LogP contribution in [0.5, 0.6) is 11.5 Å². The third-order valence-electron chi connectivity index (χ3n) is 4.19. The van der Waals surface area contributed by atoms with Crippen LogP contribution >= 0.6 is 11.8 Å². The quantitative estimate of drug-likeness (QED) is 0.518. The predicted molar refractivity (Wildman–Crippen MR) is 109 cm³/mol. The van der Waals surface area contributed by atoms with E-state index >= 15 is 0 Å². The second-order valence-electron chi connectivity index (χ2n) is 6.30. The number of anilines is 1. The molecular formula is C20H19F3N4O3S. The summed E-state index contributed by atoms with van der Waals surface area (Å²) in [5.74, 6) is 1.15. The van der Waals surface area contributed by atoms with Crippen molar-refractivity contribution in [1.82, 2.24) is 14.8 Å². The van der Waals surface area contributed by atoms with Crippen LogP contribution in [0.25, 0.3) is 0 Å². The van der Waals surface area contributed by atoms with Gasteiger partial charge in [-0.2, -0.15) is 13.2 Å². The van der Waals surface area contributed by atoms with Crippen LogP contribution in [0.2, 0.25) is 0 Å². The Bertz CT molecular complexity index is 1040. The summed E-state index contributed by atoms with van der Waals surface area (Å²) in [5, 5.41) is 10.8. The smallest absolute Gasteiger partial charge is 0.418 e. The molecule has 0 radical (unpaired) electrons. The molecule has 2 aromatic carbocycles. The van der Waals surface area contributed by atoms with Crippen molar-refractivity contribution in [1.29, 1.82) is 0 Å². The van der Waals surface area contributed by atoms with Crippen molar-refractivity contribution < 1.29 is 27.4 Å². The van der Waals surface area contributed by atoms with Crippen LogP contribution in [0, 0.1) is 0 Å². The van der Waals surface area contributed by atoms with Crippen LogP contribution in [-0.4, -0.2) is 33.5 Å². The molecule has 11 heteroatoms. The van der Waals surface area contributed by atoms with E-state index in [1.807, 2.05) is 0 Å². The number of carbonyl (C=O) groups excluding carboxylic acids is 1. The van der Waals surface area contributed by atoms with E-state index in [0.29, 0.717) is 22.5 Å². The SMILES string of the molecule is COc1ccc(OCc2nnc(SCC(=O)Nc3ccccc3C(F)(F)F)n2C)cc1. The molecule has 0 aliphatic rings. The number of hydrogen-bond donors (Lipinski definition) is 1. The number of halogens is 3. The Morgan fingerprint density at radius 3 is 2.45 bits per heavy atom. The van der Waals surface area contributed by atoms with Gasteiger partial charge in [0.15, 0.2) is 11.0 Å². The van der Waals surface area contributed by atoms with Crippen LogP contribution in [-0.2, 0) is 24.6 Å². The Balaban J connectivity index is 1.55. The van der Waals surface area contributed by atoms with E-state index in [-0.39, 0.29) is 18.0 Å². The maximum absolute atomic E-state index is 13.0. The van der Waals surface area contributed by atoms with E-state index in [4.69, 9.17) is 9.47 Å². The van der Waals surface area contributed by atoms with Crippen molar-refractivity contribution >= 4 is 23.4 Å². The summed E-state index contributed by atoms with van der Waals surface area (Å²) < 4.78 is 51.5. The number of amides is 1. The van der Waals surface area contributed by atoms with Crippen LogP contribution in [0.3, 0.4) is 0 Å². The molecule has 0 saturated heterocycles. The van der Waals surface area contributed by atoms with Gasteiger partial charge in [0.25, 0.3) is 0 Å². The van der Waals surface area contributed by atoms with Crippen LogP contribution < -0.4 is 14.8 Å². The van der Waals surface area contributed by atoms with E-state index < -0.39 is 17.6 Å². The average molecular weight is 452 g/mol. The Morgan fingerprint density at radius 2 is 1.77 bits per heavy atom. The predicted octanol–water partition coefficient (Wildman–Crippen LogP) is 4.15. The highest BCUT2D eigenvalue weighted by atomic mass is 32.2. The van der Waals surface area contributed by atoms with Crippen molar-refractivity contribution in [3.05, 3.63) is 59.9 Å². The number of nitrogens with one attached hydrogen (secondary N) is 1. The topological polar surface area (TPSA) is 78.3 Å². The molecule has 31 heavy (non-hydrogen) atoms. The highest BCUT2D eigenvalue weighted by Crippen LogP contribution is 2.34. The van der Waals surface area contributed by atoms with Gasteiger partial charge in [-0.15, -0.1) is 10.2 Å². The summed E-state index contributed by atoms with van der Waals surface area (Å²) >= 11 is 1.06. The second kappa shape index (κ2) is 9.73. The number of methoxy groups -OCH3 is 1. The average Bonchev–Trinajstić information content (AvgIpc) is 3.10. The van der Waals surface area contributed by atoms with E-state index in [9.17, 15) is 18.0 Å². The van der Waals surface area contributed by atoms with E-state index in [1.165, 1.54) is 18.2 Å². The number of benzene rings is 2. The molecule has 1 amide bonds. The zero-order chi connectivity index (χ0) is 22.4. The minimum atomic E-state index is -4.56. The number of ether oxygens (including phenoxy) is 2. The van der Waals surface area contributed by atoms with Gasteiger partial charge in [0.1, 0.15) is 18.1 Å². The summed E-state index contributed by atoms with van der Waals surface area (Å²) in [7, 11) is 3.29. The molecule has 0 saturated carbocycles. The molecule has 1 aromatic heterocycles. The summed E-state index contributed by atoms with van der Waals surface area (Å²) in [4.78, 5) is 12.2. The van der Waals surface area contributed by atoms with Gasteiger partial charge in [0.05, 0.1) is 24.1 Å². The van der Waals surface area contributed by atoms with Crippen molar-refractivity contribution in [2.45, 2.75) is 17.9 Å². The molecule has 0 bridgehead atoms. The second-order valence-corrected chi connectivity index (χ2v) is 7.24. The number of rotatable bonds is 8. The van der Waals surface area contributed by atoms with Crippen molar-refractivity contribution in [2.24, 2.45) is 7.05 Å². The Labute approximate surface area is 180 Å². The summed E-state index contributed by atoms with van der Waals surface area (Å²) in [5.41, 5.74) is -1.18. The Morgan fingerprint density at radius 1 is 1.10 bits per heavy atom. The van der Waals surface area contributed by atoms with Crippen molar-refractivity contribution in [3.8, 4) is 11.5 Å². The number of para-hydroxylation sites is 1.